The summed E-state index contributed by atoms with van der Waals surface area (Å²) in [5.41, 5.74) is 6.98. The van der Waals surface area contributed by atoms with Crippen molar-refractivity contribution < 1.29 is 4.52 Å². The van der Waals surface area contributed by atoms with Crippen LogP contribution in [0.5, 0.6) is 0 Å². The minimum absolute atomic E-state index is 0.610. The smallest absolute Gasteiger partial charge is 0.169 e. The van der Waals surface area contributed by atoms with Gasteiger partial charge in [0.25, 0.3) is 0 Å². The molecule has 0 aromatic carbocycles. The third kappa shape index (κ3) is 1.51. The molecule has 5 rings (SSSR count). The lowest BCUT2D eigenvalue weighted by Gasteiger charge is -2.54. The van der Waals surface area contributed by atoms with Crippen LogP contribution in [0.3, 0.4) is 0 Å². The first-order chi connectivity index (χ1) is 8.29. The Bertz CT molecular complexity index is 398. The zero-order chi connectivity index (χ0) is 11.4. The van der Waals surface area contributed by atoms with Crippen molar-refractivity contribution in [3.05, 3.63) is 11.8 Å². The molecule has 2 N–H and O–H groups in total. The van der Waals surface area contributed by atoms with Gasteiger partial charge in [-0.15, -0.1) is 0 Å². The summed E-state index contributed by atoms with van der Waals surface area (Å²) >= 11 is 0. The summed E-state index contributed by atoms with van der Waals surface area (Å²) in [5.74, 6) is 5.48. The van der Waals surface area contributed by atoms with Gasteiger partial charge in [-0.05, 0) is 68.1 Å². The van der Waals surface area contributed by atoms with Crippen molar-refractivity contribution in [1.29, 1.82) is 0 Å². The van der Waals surface area contributed by atoms with Crippen LogP contribution in [0.2, 0.25) is 0 Å². The second-order valence-corrected chi connectivity index (χ2v) is 6.52. The number of nitrogens with two attached hydrogens (primary N) is 1. The molecule has 3 nitrogen and oxygen atoms in total. The van der Waals surface area contributed by atoms with Crippen LogP contribution in [0, 0.1) is 29.6 Å². The van der Waals surface area contributed by atoms with Crippen LogP contribution in [0.15, 0.2) is 10.8 Å². The molecule has 0 saturated heterocycles. The second-order valence-electron chi connectivity index (χ2n) is 6.52. The highest BCUT2D eigenvalue weighted by molar-refractivity contribution is 5.36. The third-order valence-corrected chi connectivity index (χ3v) is 5.55. The number of anilines is 1. The van der Waals surface area contributed by atoms with E-state index in [1.165, 1.54) is 32.1 Å². The predicted molar refractivity (Wildman–Crippen MR) is 65.2 cm³/mol. The summed E-state index contributed by atoms with van der Waals surface area (Å²) in [5, 5.41) is 3.80. The maximum atomic E-state index is 5.84. The summed E-state index contributed by atoms with van der Waals surface area (Å²) in [4.78, 5) is 0. The van der Waals surface area contributed by atoms with E-state index in [0.29, 0.717) is 5.82 Å². The average Bonchev–Trinajstić information content (AvgIpc) is 2.68. The molecule has 4 bridgehead atoms. The summed E-state index contributed by atoms with van der Waals surface area (Å²) in [6, 6.07) is 0. The van der Waals surface area contributed by atoms with E-state index >= 15 is 0 Å². The molecular weight excluding hydrogens is 212 g/mol. The largest absolute Gasteiger partial charge is 0.381 e. The van der Waals surface area contributed by atoms with Crippen molar-refractivity contribution in [2.45, 2.75) is 38.5 Å². The van der Waals surface area contributed by atoms with E-state index < -0.39 is 0 Å². The summed E-state index contributed by atoms with van der Waals surface area (Å²) in [6.45, 7) is 0. The summed E-state index contributed by atoms with van der Waals surface area (Å²) < 4.78 is 4.96. The molecule has 1 aromatic rings. The molecular formula is C14H20N2O. The van der Waals surface area contributed by atoms with Gasteiger partial charge in [-0.3, -0.25) is 0 Å². The fourth-order valence-electron chi connectivity index (χ4n) is 5.04. The van der Waals surface area contributed by atoms with Gasteiger partial charge in [-0.2, -0.15) is 0 Å². The van der Waals surface area contributed by atoms with Crippen LogP contribution < -0.4 is 5.73 Å². The van der Waals surface area contributed by atoms with E-state index in [4.69, 9.17) is 10.3 Å². The van der Waals surface area contributed by atoms with Crippen LogP contribution in [-0.2, 0) is 6.42 Å². The number of hydrogen-bond acceptors (Lipinski definition) is 3. The maximum Gasteiger partial charge on any atom is 0.169 e. The number of aromatic nitrogens is 1. The van der Waals surface area contributed by atoms with Crippen molar-refractivity contribution >= 4 is 5.82 Å². The molecule has 17 heavy (non-hydrogen) atoms. The zero-order valence-electron chi connectivity index (χ0n) is 10.1. The summed E-state index contributed by atoms with van der Waals surface area (Å²) in [6.07, 6.45) is 10.3. The molecule has 4 aliphatic carbocycles. The molecule has 1 aromatic heterocycles. The van der Waals surface area contributed by atoms with E-state index in [0.717, 1.165) is 41.6 Å². The highest BCUT2D eigenvalue weighted by atomic mass is 16.5. The van der Waals surface area contributed by atoms with E-state index in [2.05, 4.69) is 5.16 Å². The Morgan fingerprint density at radius 3 is 2.29 bits per heavy atom. The normalized spacial score (nSPS) is 43.2. The van der Waals surface area contributed by atoms with Crippen LogP contribution in [0.4, 0.5) is 5.82 Å². The Balaban J connectivity index is 1.57. The Hall–Kier alpha value is -0.990. The van der Waals surface area contributed by atoms with Gasteiger partial charge >= 0.3 is 0 Å². The second kappa shape index (κ2) is 3.50. The molecule has 0 unspecified atom stereocenters. The van der Waals surface area contributed by atoms with Crippen LogP contribution in [-0.4, -0.2) is 5.16 Å². The Morgan fingerprint density at radius 1 is 1.12 bits per heavy atom. The Morgan fingerprint density at radius 2 is 1.76 bits per heavy atom. The van der Waals surface area contributed by atoms with Crippen LogP contribution in [0.1, 0.15) is 37.7 Å². The lowest BCUT2D eigenvalue weighted by molar-refractivity contribution is -0.0359. The first-order valence-corrected chi connectivity index (χ1v) is 6.98. The fraction of sp³-hybridized carbons (Fsp3) is 0.786. The van der Waals surface area contributed by atoms with Crippen molar-refractivity contribution in [3.8, 4) is 0 Å². The van der Waals surface area contributed by atoms with Gasteiger partial charge in [0.2, 0.25) is 0 Å². The van der Waals surface area contributed by atoms with E-state index in [1.807, 2.05) is 0 Å². The van der Waals surface area contributed by atoms with E-state index in [9.17, 15) is 0 Å². The van der Waals surface area contributed by atoms with Gasteiger partial charge in [-0.1, -0.05) is 5.16 Å². The Labute approximate surface area is 102 Å². The molecule has 0 amide bonds. The highest BCUT2D eigenvalue weighted by Crippen LogP contribution is 2.57. The SMILES string of the molecule is Nc1nocc1CC1C2CC3CC(C2)CC1C3. The van der Waals surface area contributed by atoms with Crippen molar-refractivity contribution in [3.63, 3.8) is 0 Å². The highest BCUT2D eigenvalue weighted by Gasteiger charge is 2.48. The van der Waals surface area contributed by atoms with Gasteiger partial charge in [-0.25, -0.2) is 0 Å². The first kappa shape index (κ1) is 9.98. The number of nitrogen functional groups attached to an aromatic ring is 1. The van der Waals surface area contributed by atoms with Crippen molar-refractivity contribution in [2.75, 3.05) is 5.73 Å². The number of rotatable bonds is 2. The van der Waals surface area contributed by atoms with Gasteiger partial charge in [0, 0.05) is 5.56 Å². The molecule has 0 radical (unpaired) electrons. The lowest BCUT2D eigenvalue weighted by atomic mass is 9.51. The van der Waals surface area contributed by atoms with Crippen molar-refractivity contribution in [1.82, 2.24) is 5.16 Å². The van der Waals surface area contributed by atoms with Crippen LogP contribution >= 0.6 is 0 Å². The predicted octanol–water partition coefficient (Wildman–Crippen LogP) is 2.87. The quantitative estimate of drug-likeness (QED) is 0.853. The molecule has 0 atom stereocenters. The molecule has 4 fully saturated rings. The number of nitrogens with zero attached hydrogens (tertiary/aromatic N) is 1. The minimum Gasteiger partial charge on any atom is -0.381 e. The summed E-state index contributed by atoms with van der Waals surface area (Å²) in [7, 11) is 0. The molecule has 3 heteroatoms. The maximum absolute atomic E-state index is 5.84. The topological polar surface area (TPSA) is 52.0 Å². The van der Waals surface area contributed by atoms with Crippen molar-refractivity contribution in [2.24, 2.45) is 29.6 Å². The monoisotopic (exact) mass is 232 g/mol. The Kier molecular flexibility index (Phi) is 2.06. The van der Waals surface area contributed by atoms with Gasteiger partial charge in [0.05, 0.1) is 0 Å². The molecule has 1 heterocycles. The van der Waals surface area contributed by atoms with E-state index in [1.54, 1.807) is 6.26 Å². The molecule has 4 aliphatic rings. The van der Waals surface area contributed by atoms with Gasteiger partial charge in [0.1, 0.15) is 6.26 Å². The first-order valence-electron chi connectivity index (χ1n) is 6.98. The average molecular weight is 232 g/mol. The van der Waals surface area contributed by atoms with Gasteiger partial charge in [0.15, 0.2) is 5.82 Å². The zero-order valence-corrected chi connectivity index (χ0v) is 10.1. The standard InChI is InChI=1S/C14H20N2O/c15-14-12(7-17-16-14)6-13-10-2-8-1-9(4-10)5-11(13)3-8/h7-11,13H,1-6H2,(H2,15,16). The molecule has 0 spiro atoms. The number of hydrogen-bond donors (Lipinski definition) is 1. The molecule has 0 aliphatic heterocycles. The fourth-order valence-corrected chi connectivity index (χ4v) is 5.04. The minimum atomic E-state index is 0.610. The van der Waals surface area contributed by atoms with E-state index in [-0.39, 0.29) is 0 Å². The molecule has 92 valence electrons. The van der Waals surface area contributed by atoms with Gasteiger partial charge < -0.3 is 10.3 Å². The molecule has 4 saturated carbocycles. The lowest BCUT2D eigenvalue weighted by Crippen LogP contribution is -2.45. The third-order valence-electron chi connectivity index (χ3n) is 5.55. The van der Waals surface area contributed by atoms with Crippen LogP contribution in [0.25, 0.3) is 0 Å².